The number of aryl methyl sites for hydroxylation is 3. The SMILES string of the molecule is Cc1cc(=O)n(Cc2c(Br)c(C)nn2C)cn1. The molecule has 0 radical (unpaired) electrons. The molecule has 0 saturated heterocycles. The van der Waals surface area contributed by atoms with Crippen LogP contribution in [0.4, 0.5) is 0 Å². The van der Waals surface area contributed by atoms with E-state index in [-0.39, 0.29) is 5.56 Å². The minimum atomic E-state index is -0.0525. The highest BCUT2D eigenvalue weighted by atomic mass is 79.9. The third-order valence-electron chi connectivity index (χ3n) is 2.60. The summed E-state index contributed by atoms with van der Waals surface area (Å²) in [4.78, 5) is 15.9. The second-order valence-electron chi connectivity index (χ2n) is 3.97. The van der Waals surface area contributed by atoms with Crippen molar-refractivity contribution < 1.29 is 0 Å². The zero-order valence-electron chi connectivity index (χ0n) is 9.94. The number of hydrogen-bond donors (Lipinski definition) is 0. The fourth-order valence-corrected chi connectivity index (χ4v) is 2.11. The number of hydrogen-bond acceptors (Lipinski definition) is 3. The summed E-state index contributed by atoms with van der Waals surface area (Å²) in [5.41, 5.74) is 2.54. The average molecular weight is 297 g/mol. The summed E-state index contributed by atoms with van der Waals surface area (Å²) in [7, 11) is 1.86. The second kappa shape index (κ2) is 4.44. The van der Waals surface area contributed by atoms with E-state index < -0.39 is 0 Å². The Kier molecular flexibility index (Phi) is 3.15. The van der Waals surface area contributed by atoms with Crippen molar-refractivity contribution in [2.24, 2.45) is 7.05 Å². The summed E-state index contributed by atoms with van der Waals surface area (Å²) >= 11 is 3.48. The summed E-state index contributed by atoms with van der Waals surface area (Å²) < 4.78 is 4.27. The van der Waals surface area contributed by atoms with E-state index in [0.29, 0.717) is 6.54 Å². The van der Waals surface area contributed by atoms with Gasteiger partial charge in [-0.25, -0.2) is 4.98 Å². The Balaban J connectivity index is 2.41. The molecule has 0 N–H and O–H groups in total. The van der Waals surface area contributed by atoms with Gasteiger partial charge in [-0.3, -0.25) is 14.0 Å². The normalized spacial score (nSPS) is 10.8. The smallest absolute Gasteiger partial charge is 0.253 e. The molecule has 0 fully saturated rings. The topological polar surface area (TPSA) is 52.7 Å². The van der Waals surface area contributed by atoms with Crippen molar-refractivity contribution in [1.82, 2.24) is 19.3 Å². The highest BCUT2D eigenvalue weighted by Crippen LogP contribution is 2.20. The van der Waals surface area contributed by atoms with Crippen LogP contribution in [0.5, 0.6) is 0 Å². The van der Waals surface area contributed by atoms with Crippen molar-refractivity contribution in [2.45, 2.75) is 20.4 Å². The summed E-state index contributed by atoms with van der Waals surface area (Å²) in [6.07, 6.45) is 1.56. The molecular formula is C11H13BrN4O. The Bertz CT molecular complexity index is 614. The Morgan fingerprint density at radius 1 is 1.41 bits per heavy atom. The molecule has 2 heterocycles. The molecule has 17 heavy (non-hydrogen) atoms. The Labute approximate surface area is 107 Å². The van der Waals surface area contributed by atoms with Gasteiger partial charge in [0.2, 0.25) is 0 Å². The van der Waals surface area contributed by atoms with Crippen LogP contribution in [0.1, 0.15) is 17.1 Å². The molecule has 0 aromatic carbocycles. The monoisotopic (exact) mass is 296 g/mol. The summed E-state index contributed by atoms with van der Waals surface area (Å²) in [5, 5.41) is 4.29. The standard InChI is InChI=1S/C11H13BrN4O/c1-7-4-10(17)16(6-13-7)5-9-11(12)8(2)14-15(9)3/h4,6H,5H2,1-3H3. The summed E-state index contributed by atoms with van der Waals surface area (Å²) in [6.45, 7) is 4.18. The number of halogens is 1. The van der Waals surface area contributed by atoms with Gasteiger partial charge in [-0.15, -0.1) is 0 Å². The number of aromatic nitrogens is 4. The zero-order chi connectivity index (χ0) is 12.6. The molecule has 2 aromatic rings. The molecule has 2 rings (SSSR count). The molecule has 0 saturated carbocycles. The molecule has 0 aliphatic rings. The Morgan fingerprint density at radius 3 is 2.65 bits per heavy atom. The first-order chi connectivity index (χ1) is 7.99. The van der Waals surface area contributed by atoms with E-state index in [4.69, 9.17) is 0 Å². The van der Waals surface area contributed by atoms with Gasteiger partial charge in [-0.05, 0) is 29.8 Å². The lowest BCUT2D eigenvalue weighted by molar-refractivity contribution is 0.640. The molecule has 0 aliphatic carbocycles. The Hall–Kier alpha value is -1.43. The van der Waals surface area contributed by atoms with Crippen molar-refractivity contribution >= 4 is 15.9 Å². The maximum absolute atomic E-state index is 11.8. The van der Waals surface area contributed by atoms with Crippen LogP contribution < -0.4 is 5.56 Å². The molecule has 0 amide bonds. The van der Waals surface area contributed by atoms with Gasteiger partial charge in [0.05, 0.1) is 28.7 Å². The van der Waals surface area contributed by atoms with Crippen LogP contribution in [0, 0.1) is 13.8 Å². The molecule has 0 aliphatic heterocycles. The maximum atomic E-state index is 11.8. The molecule has 90 valence electrons. The van der Waals surface area contributed by atoms with Gasteiger partial charge in [0.25, 0.3) is 5.56 Å². The van der Waals surface area contributed by atoms with Gasteiger partial charge in [0, 0.05) is 18.8 Å². The molecule has 5 nitrogen and oxygen atoms in total. The molecule has 0 bridgehead atoms. The third-order valence-corrected chi connectivity index (χ3v) is 3.63. The predicted octanol–water partition coefficient (Wildman–Crippen LogP) is 1.40. The lowest BCUT2D eigenvalue weighted by atomic mass is 10.3. The third kappa shape index (κ3) is 2.31. The molecule has 2 aromatic heterocycles. The van der Waals surface area contributed by atoms with E-state index in [1.54, 1.807) is 22.5 Å². The highest BCUT2D eigenvalue weighted by molar-refractivity contribution is 9.10. The number of rotatable bonds is 2. The number of nitrogens with zero attached hydrogens (tertiary/aromatic N) is 4. The highest BCUT2D eigenvalue weighted by Gasteiger charge is 2.11. The van der Waals surface area contributed by atoms with Crippen molar-refractivity contribution in [3.05, 3.63) is 44.3 Å². The van der Waals surface area contributed by atoms with Crippen LogP contribution >= 0.6 is 15.9 Å². The first-order valence-electron chi connectivity index (χ1n) is 5.20. The zero-order valence-corrected chi connectivity index (χ0v) is 11.5. The van der Waals surface area contributed by atoms with Gasteiger partial charge < -0.3 is 0 Å². The largest absolute Gasteiger partial charge is 0.293 e. The summed E-state index contributed by atoms with van der Waals surface area (Å²) in [5.74, 6) is 0. The van der Waals surface area contributed by atoms with Crippen LogP contribution in [0.2, 0.25) is 0 Å². The fourth-order valence-electron chi connectivity index (χ4n) is 1.65. The van der Waals surface area contributed by atoms with Crippen LogP contribution in [-0.4, -0.2) is 19.3 Å². The fraction of sp³-hybridized carbons (Fsp3) is 0.364. The second-order valence-corrected chi connectivity index (χ2v) is 4.76. The van der Waals surface area contributed by atoms with Crippen molar-refractivity contribution in [3.8, 4) is 0 Å². The quantitative estimate of drug-likeness (QED) is 0.842. The maximum Gasteiger partial charge on any atom is 0.253 e. The van der Waals surface area contributed by atoms with Crippen molar-refractivity contribution in [1.29, 1.82) is 0 Å². The average Bonchev–Trinajstić information content (AvgIpc) is 2.48. The molecule has 0 unspecified atom stereocenters. The van der Waals surface area contributed by atoms with E-state index in [2.05, 4.69) is 26.0 Å². The van der Waals surface area contributed by atoms with Gasteiger partial charge in [-0.1, -0.05) is 0 Å². The van der Waals surface area contributed by atoms with Crippen LogP contribution in [0.25, 0.3) is 0 Å². The minimum absolute atomic E-state index is 0.0525. The van der Waals surface area contributed by atoms with E-state index in [9.17, 15) is 4.79 Å². The molecule has 0 atom stereocenters. The van der Waals surface area contributed by atoms with Gasteiger partial charge in [-0.2, -0.15) is 5.10 Å². The van der Waals surface area contributed by atoms with E-state index in [1.165, 1.54) is 6.07 Å². The van der Waals surface area contributed by atoms with Crippen molar-refractivity contribution in [3.63, 3.8) is 0 Å². The molecule has 0 spiro atoms. The molecular weight excluding hydrogens is 284 g/mol. The van der Waals surface area contributed by atoms with Crippen LogP contribution in [-0.2, 0) is 13.6 Å². The van der Waals surface area contributed by atoms with Crippen LogP contribution in [0.15, 0.2) is 21.7 Å². The van der Waals surface area contributed by atoms with E-state index >= 15 is 0 Å². The van der Waals surface area contributed by atoms with Crippen LogP contribution in [0.3, 0.4) is 0 Å². The Morgan fingerprint density at radius 2 is 2.12 bits per heavy atom. The van der Waals surface area contributed by atoms with E-state index in [1.807, 2.05) is 14.0 Å². The van der Waals surface area contributed by atoms with Crippen molar-refractivity contribution in [2.75, 3.05) is 0 Å². The minimum Gasteiger partial charge on any atom is -0.293 e. The first kappa shape index (κ1) is 12.0. The first-order valence-corrected chi connectivity index (χ1v) is 5.99. The lowest BCUT2D eigenvalue weighted by Crippen LogP contribution is -2.21. The predicted molar refractivity (Wildman–Crippen MR) is 68.0 cm³/mol. The lowest BCUT2D eigenvalue weighted by Gasteiger charge is -2.06. The van der Waals surface area contributed by atoms with E-state index in [0.717, 1.165) is 21.6 Å². The van der Waals surface area contributed by atoms with Gasteiger partial charge >= 0.3 is 0 Å². The van der Waals surface area contributed by atoms with Gasteiger partial charge in [0.1, 0.15) is 0 Å². The summed E-state index contributed by atoms with van der Waals surface area (Å²) in [6, 6.07) is 1.52. The molecule has 6 heteroatoms. The van der Waals surface area contributed by atoms with Gasteiger partial charge in [0.15, 0.2) is 0 Å².